The molecule has 0 radical (unpaired) electrons. The van der Waals surface area contributed by atoms with E-state index in [-0.39, 0.29) is 19.1 Å². The third-order valence-corrected chi connectivity index (χ3v) is 6.27. The van der Waals surface area contributed by atoms with Crippen molar-refractivity contribution in [3.8, 4) is 0 Å². The van der Waals surface area contributed by atoms with Gasteiger partial charge in [0.15, 0.2) is 0 Å². The lowest BCUT2D eigenvalue weighted by Gasteiger charge is -2.30. The fourth-order valence-corrected chi connectivity index (χ4v) is 4.02. The summed E-state index contributed by atoms with van der Waals surface area (Å²) in [7, 11) is -0.910. The van der Waals surface area contributed by atoms with Gasteiger partial charge in [0, 0.05) is 19.6 Å². The van der Waals surface area contributed by atoms with E-state index in [2.05, 4.69) is 4.74 Å². The highest BCUT2D eigenvalue weighted by Gasteiger charge is 2.38. The third kappa shape index (κ3) is 4.53. The van der Waals surface area contributed by atoms with E-state index in [1.807, 2.05) is 37.3 Å². The molecule has 0 amide bonds. The molecule has 0 heterocycles. The summed E-state index contributed by atoms with van der Waals surface area (Å²) in [5.74, 6) is -0.163. The van der Waals surface area contributed by atoms with Gasteiger partial charge in [-0.2, -0.15) is 17.0 Å². The molecular formula is C16H24N2O4S. The molecule has 0 spiro atoms. The summed E-state index contributed by atoms with van der Waals surface area (Å²) in [5, 5.41) is 0. The van der Waals surface area contributed by atoms with Crippen LogP contribution in [0.2, 0.25) is 0 Å². The van der Waals surface area contributed by atoms with Gasteiger partial charge in [-0.05, 0) is 31.2 Å². The minimum atomic E-state index is -3.74. The van der Waals surface area contributed by atoms with Crippen molar-refractivity contribution in [3.05, 3.63) is 35.9 Å². The van der Waals surface area contributed by atoms with Crippen LogP contribution in [0.3, 0.4) is 0 Å². The maximum Gasteiger partial charge on any atom is 0.321 e. The number of carbonyl (C=O) groups excluding carboxylic acids is 1. The lowest BCUT2D eigenvalue weighted by atomic mass is 10.2. The number of rotatable bonds is 8. The number of nitrogens with zero attached hydrogens (tertiary/aromatic N) is 2. The van der Waals surface area contributed by atoms with E-state index >= 15 is 0 Å². The van der Waals surface area contributed by atoms with Gasteiger partial charge in [0.2, 0.25) is 0 Å². The van der Waals surface area contributed by atoms with Gasteiger partial charge in [-0.1, -0.05) is 30.3 Å². The maximum atomic E-state index is 12.9. The van der Waals surface area contributed by atoms with Gasteiger partial charge < -0.3 is 4.74 Å². The van der Waals surface area contributed by atoms with E-state index in [0.717, 1.165) is 18.4 Å². The first-order chi connectivity index (χ1) is 10.9. The van der Waals surface area contributed by atoms with Crippen LogP contribution in [-0.2, 0) is 26.3 Å². The second-order valence-corrected chi connectivity index (χ2v) is 7.92. The Morgan fingerprint density at radius 2 is 1.91 bits per heavy atom. The standard InChI is InChI=1S/C16H24N2O4S/c1-13(15-9-10-15)17(2)23(20,21)18(12-16(19)22-3)11-14-7-5-4-6-8-14/h4-8,13,15H,9-12H2,1-3H3. The van der Waals surface area contributed by atoms with E-state index in [1.165, 1.54) is 15.7 Å². The highest BCUT2D eigenvalue weighted by molar-refractivity contribution is 7.86. The van der Waals surface area contributed by atoms with Crippen molar-refractivity contribution in [2.75, 3.05) is 20.7 Å². The van der Waals surface area contributed by atoms with Crippen molar-refractivity contribution in [1.29, 1.82) is 0 Å². The van der Waals surface area contributed by atoms with Gasteiger partial charge in [0.25, 0.3) is 10.2 Å². The molecule has 1 aromatic rings. The average Bonchev–Trinajstić information content (AvgIpc) is 3.38. The van der Waals surface area contributed by atoms with Crippen LogP contribution in [0, 0.1) is 5.92 Å². The molecule has 23 heavy (non-hydrogen) atoms. The first kappa shape index (κ1) is 17.9. The minimum Gasteiger partial charge on any atom is -0.468 e. The van der Waals surface area contributed by atoms with Crippen molar-refractivity contribution >= 4 is 16.2 Å². The number of carbonyl (C=O) groups is 1. The average molecular weight is 340 g/mol. The molecule has 0 aliphatic heterocycles. The maximum absolute atomic E-state index is 12.9. The van der Waals surface area contributed by atoms with Gasteiger partial charge >= 0.3 is 5.97 Å². The molecule has 128 valence electrons. The van der Waals surface area contributed by atoms with Gasteiger partial charge in [-0.3, -0.25) is 4.79 Å². The van der Waals surface area contributed by atoms with Crippen molar-refractivity contribution in [3.63, 3.8) is 0 Å². The molecule has 1 aliphatic carbocycles. The van der Waals surface area contributed by atoms with Crippen molar-refractivity contribution < 1.29 is 17.9 Å². The van der Waals surface area contributed by atoms with Crippen LogP contribution in [-0.4, -0.2) is 49.7 Å². The molecule has 0 aromatic heterocycles. The number of esters is 1. The highest BCUT2D eigenvalue weighted by atomic mass is 32.2. The Morgan fingerprint density at radius 3 is 2.43 bits per heavy atom. The van der Waals surface area contributed by atoms with E-state index in [9.17, 15) is 13.2 Å². The quantitative estimate of drug-likeness (QED) is 0.675. The molecule has 1 aromatic carbocycles. The van der Waals surface area contributed by atoms with Gasteiger partial charge in [0.1, 0.15) is 6.54 Å². The zero-order valence-electron chi connectivity index (χ0n) is 13.8. The summed E-state index contributed by atoms with van der Waals surface area (Å²) < 4.78 is 33.0. The van der Waals surface area contributed by atoms with Crippen LogP contribution < -0.4 is 0 Å². The molecule has 0 bridgehead atoms. The van der Waals surface area contributed by atoms with E-state index < -0.39 is 16.2 Å². The van der Waals surface area contributed by atoms with E-state index in [1.54, 1.807) is 7.05 Å². The van der Waals surface area contributed by atoms with Crippen LogP contribution in [0.1, 0.15) is 25.3 Å². The zero-order valence-corrected chi connectivity index (χ0v) is 14.6. The Balaban J connectivity index is 2.21. The second-order valence-electron chi connectivity index (χ2n) is 5.93. The molecule has 1 fully saturated rings. The lowest BCUT2D eigenvalue weighted by molar-refractivity contribution is -0.140. The second kappa shape index (κ2) is 7.42. The van der Waals surface area contributed by atoms with Crippen LogP contribution in [0.25, 0.3) is 0 Å². The SMILES string of the molecule is COC(=O)CN(Cc1ccccc1)S(=O)(=O)N(C)C(C)C1CC1. The lowest BCUT2D eigenvalue weighted by Crippen LogP contribution is -2.47. The van der Waals surface area contributed by atoms with E-state index in [4.69, 9.17) is 0 Å². The number of hydrogen-bond acceptors (Lipinski definition) is 4. The topological polar surface area (TPSA) is 66.9 Å². The zero-order chi connectivity index (χ0) is 17.0. The molecule has 2 rings (SSSR count). The summed E-state index contributed by atoms with van der Waals surface area (Å²) >= 11 is 0. The summed E-state index contributed by atoms with van der Waals surface area (Å²) in [4.78, 5) is 11.7. The summed E-state index contributed by atoms with van der Waals surface area (Å²) in [5.41, 5.74) is 0.826. The third-order valence-electron chi connectivity index (χ3n) is 4.30. The minimum absolute atomic E-state index is 0.0732. The summed E-state index contributed by atoms with van der Waals surface area (Å²) in [6.07, 6.45) is 2.10. The first-order valence-electron chi connectivity index (χ1n) is 7.70. The predicted octanol–water partition coefficient (Wildman–Crippen LogP) is 1.64. The Bertz CT molecular complexity index is 629. The Labute approximate surface area is 138 Å². The number of hydrogen-bond donors (Lipinski definition) is 0. The molecular weight excluding hydrogens is 316 g/mol. The monoisotopic (exact) mass is 340 g/mol. The number of methoxy groups -OCH3 is 1. The molecule has 1 atom stereocenters. The number of ether oxygens (including phenoxy) is 1. The smallest absolute Gasteiger partial charge is 0.321 e. The fourth-order valence-electron chi connectivity index (χ4n) is 2.48. The Kier molecular flexibility index (Phi) is 5.78. The van der Waals surface area contributed by atoms with Gasteiger partial charge in [0.05, 0.1) is 7.11 Å². The fraction of sp³-hybridized carbons (Fsp3) is 0.562. The summed E-state index contributed by atoms with van der Waals surface area (Å²) in [6.45, 7) is 1.75. The number of benzene rings is 1. The Morgan fingerprint density at radius 1 is 1.30 bits per heavy atom. The molecule has 0 saturated heterocycles. The molecule has 7 heteroatoms. The van der Waals surface area contributed by atoms with E-state index in [0.29, 0.717) is 5.92 Å². The molecule has 1 unspecified atom stereocenters. The molecule has 1 saturated carbocycles. The van der Waals surface area contributed by atoms with Crippen molar-refractivity contribution in [1.82, 2.24) is 8.61 Å². The van der Waals surface area contributed by atoms with Gasteiger partial charge in [-0.15, -0.1) is 0 Å². The first-order valence-corrected chi connectivity index (χ1v) is 9.09. The Hall–Kier alpha value is -1.44. The van der Waals surface area contributed by atoms with Gasteiger partial charge in [-0.25, -0.2) is 0 Å². The van der Waals surface area contributed by atoms with Crippen molar-refractivity contribution in [2.24, 2.45) is 5.92 Å². The van der Waals surface area contributed by atoms with Crippen LogP contribution in [0.5, 0.6) is 0 Å². The predicted molar refractivity (Wildman–Crippen MR) is 87.7 cm³/mol. The largest absolute Gasteiger partial charge is 0.468 e. The van der Waals surface area contributed by atoms with Crippen LogP contribution >= 0.6 is 0 Å². The van der Waals surface area contributed by atoms with Crippen LogP contribution in [0.4, 0.5) is 0 Å². The molecule has 6 nitrogen and oxygen atoms in total. The summed E-state index contributed by atoms with van der Waals surface area (Å²) in [6, 6.07) is 9.15. The normalized spacial score (nSPS) is 16.6. The van der Waals surface area contributed by atoms with Crippen molar-refractivity contribution in [2.45, 2.75) is 32.4 Å². The highest BCUT2D eigenvalue weighted by Crippen LogP contribution is 2.36. The van der Waals surface area contributed by atoms with Crippen LogP contribution in [0.15, 0.2) is 30.3 Å². The molecule has 0 N–H and O–H groups in total. The molecule has 1 aliphatic rings.